The number of nitrogens with one attached hydrogen (secondary N) is 1. The van der Waals surface area contributed by atoms with E-state index in [0.29, 0.717) is 0 Å². The van der Waals surface area contributed by atoms with E-state index >= 15 is 0 Å². The van der Waals surface area contributed by atoms with E-state index in [1.807, 2.05) is 30.7 Å². The summed E-state index contributed by atoms with van der Waals surface area (Å²) in [4.78, 5) is 19.5. The van der Waals surface area contributed by atoms with Crippen LogP contribution in [-0.4, -0.2) is 40.1 Å². The normalized spacial score (nSPS) is 17.7. The number of hydrogen-bond donors (Lipinski definition) is 1. The van der Waals surface area contributed by atoms with Gasteiger partial charge < -0.3 is 14.6 Å². The Morgan fingerprint density at radius 1 is 1.03 bits per heavy atom. The molecule has 1 saturated heterocycles. The molecule has 1 aliphatic heterocycles. The largest absolute Gasteiger partial charge is 0.493 e. The van der Waals surface area contributed by atoms with Gasteiger partial charge in [0, 0.05) is 36.4 Å². The molecule has 0 unspecified atom stereocenters. The van der Waals surface area contributed by atoms with Gasteiger partial charge in [-0.3, -0.25) is 9.97 Å². The molecule has 1 N–H and O–H groups in total. The van der Waals surface area contributed by atoms with Crippen LogP contribution in [0, 0.1) is 11.8 Å². The van der Waals surface area contributed by atoms with Crippen molar-refractivity contribution in [1.82, 2.24) is 19.9 Å². The molecule has 1 aliphatic carbocycles. The predicted octanol–water partition coefficient (Wildman–Crippen LogP) is 4.81. The molecule has 4 aromatic rings. The number of H-pyrrole nitrogens is 1. The first-order chi connectivity index (χ1) is 14.8. The number of fused-ring (bicyclic) bond motifs is 3. The minimum atomic E-state index is 0.841. The molecule has 6 heteroatoms. The number of anilines is 1. The quantitative estimate of drug-likeness (QED) is 0.533. The van der Waals surface area contributed by atoms with Gasteiger partial charge in [0.2, 0.25) is 0 Å². The second kappa shape index (κ2) is 6.97. The number of methoxy groups -OCH3 is 1. The number of nitrogens with zero attached hydrogens (tertiary/aromatic N) is 4. The smallest absolute Gasteiger partial charge is 0.161 e. The first kappa shape index (κ1) is 17.7. The number of aromatic nitrogens is 4. The predicted molar refractivity (Wildman–Crippen MR) is 119 cm³/mol. The fourth-order valence-electron chi connectivity index (χ4n) is 5.02. The maximum Gasteiger partial charge on any atom is 0.161 e. The second-order valence-corrected chi connectivity index (χ2v) is 8.54. The zero-order valence-corrected chi connectivity index (χ0v) is 17.1. The maximum atomic E-state index is 5.78. The Bertz CT molecular complexity index is 1210. The molecular weight excluding hydrogens is 374 g/mol. The molecule has 2 fully saturated rings. The summed E-state index contributed by atoms with van der Waals surface area (Å²) in [6, 6.07) is 6.13. The highest BCUT2D eigenvalue weighted by Crippen LogP contribution is 2.45. The van der Waals surface area contributed by atoms with E-state index in [-0.39, 0.29) is 0 Å². The minimum Gasteiger partial charge on any atom is -0.493 e. The SMILES string of the molecule is COc1cnc2[nH]c3cnc(-c4cccnc4)cc3c2c1N1CCC(C2CC2)CC1. The van der Waals surface area contributed by atoms with Crippen molar-refractivity contribution >= 4 is 27.6 Å². The second-order valence-electron chi connectivity index (χ2n) is 8.54. The third-order valence-electron chi connectivity index (χ3n) is 6.77. The van der Waals surface area contributed by atoms with Crippen LogP contribution in [0.5, 0.6) is 5.75 Å². The molecule has 6 rings (SSSR count). The summed E-state index contributed by atoms with van der Waals surface area (Å²) in [6.45, 7) is 2.15. The lowest BCUT2D eigenvalue weighted by molar-refractivity contribution is 0.359. The highest BCUT2D eigenvalue weighted by molar-refractivity contribution is 6.14. The van der Waals surface area contributed by atoms with Crippen molar-refractivity contribution in [2.45, 2.75) is 25.7 Å². The number of pyridine rings is 3. The monoisotopic (exact) mass is 399 g/mol. The average molecular weight is 399 g/mol. The Kier molecular flexibility index (Phi) is 4.11. The molecule has 152 valence electrons. The summed E-state index contributed by atoms with van der Waals surface area (Å²) < 4.78 is 5.78. The average Bonchev–Trinajstić information content (AvgIpc) is 3.59. The standard InChI is InChI=1S/C24H25N5O/c1-30-21-14-27-24-22(23(21)29-9-6-16(7-10-29)15-4-5-15)18-11-19(26-13-20(18)28-24)17-3-2-8-25-12-17/h2-3,8,11-16H,4-7,9-10H2,1H3,(H,27,28). The van der Waals surface area contributed by atoms with Crippen LogP contribution in [0.4, 0.5) is 5.69 Å². The summed E-state index contributed by atoms with van der Waals surface area (Å²) in [5.41, 5.74) is 4.96. The van der Waals surface area contributed by atoms with Crippen LogP contribution in [-0.2, 0) is 0 Å². The number of rotatable bonds is 4. The minimum absolute atomic E-state index is 0.841. The van der Waals surface area contributed by atoms with Gasteiger partial charge in [-0.25, -0.2) is 4.98 Å². The molecule has 2 aliphatic rings. The van der Waals surface area contributed by atoms with Gasteiger partial charge >= 0.3 is 0 Å². The van der Waals surface area contributed by atoms with Gasteiger partial charge in [0.05, 0.1) is 41.8 Å². The summed E-state index contributed by atoms with van der Waals surface area (Å²) in [7, 11) is 1.74. The van der Waals surface area contributed by atoms with E-state index < -0.39 is 0 Å². The Balaban J connectivity index is 1.49. The lowest BCUT2D eigenvalue weighted by Gasteiger charge is -2.34. The topological polar surface area (TPSA) is 66.9 Å². The molecule has 5 heterocycles. The molecule has 0 amide bonds. The molecule has 1 saturated carbocycles. The molecule has 4 aromatic heterocycles. The van der Waals surface area contributed by atoms with Crippen molar-refractivity contribution in [1.29, 1.82) is 0 Å². The molecule has 0 spiro atoms. The van der Waals surface area contributed by atoms with E-state index in [2.05, 4.69) is 30.9 Å². The first-order valence-corrected chi connectivity index (χ1v) is 10.8. The van der Waals surface area contributed by atoms with Crippen LogP contribution in [0.25, 0.3) is 33.2 Å². The highest BCUT2D eigenvalue weighted by Gasteiger charge is 2.34. The number of hydrogen-bond acceptors (Lipinski definition) is 5. The third-order valence-corrected chi connectivity index (χ3v) is 6.77. The molecule has 0 aromatic carbocycles. The Hall–Kier alpha value is -3.15. The lowest BCUT2D eigenvalue weighted by atomic mass is 9.91. The van der Waals surface area contributed by atoms with Crippen LogP contribution in [0.15, 0.2) is 43.0 Å². The Morgan fingerprint density at radius 3 is 2.60 bits per heavy atom. The fraction of sp³-hybridized carbons (Fsp3) is 0.375. The Morgan fingerprint density at radius 2 is 1.87 bits per heavy atom. The van der Waals surface area contributed by atoms with Crippen LogP contribution in [0.2, 0.25) is 0 Å². The van der Waals surface area contributed by atoms with Gasteiger partial charge in [0.25, 0.3) is 0 Å². The zero-order chi connectivity index (χ0) is 20.1. The zero-order valence-electron chi connectivity index (χ0n) is 17.1. The molecular formula is C24H25N5O. The fourth-order valence-corrected chi connectivity index (χ4v) is 5.02. The van der Waals surface area contributed by atoms with Crippen LogP contribution in [0.3, 0.4) is 0 Å². The van der Waals surface area contributed by atoms with Crippen LogP contribution >= 0.6 is 0 Å². The van der Waals surface area contributed by atoms with Crippen LogP contribution < -0.4 is 9.64 Å². The molecule has 0 radical (unpaired) electrons. The van der Waals surface area contributed by atoms with Crippen molar-refractivity contribution in [3.8, 4) is 17.0 Å². The number of ether oxygens (including phenoxy) is 1. The Labute approximate surface area is 175 Å². The van der Waals surface area contributed by atoms with Gasteiger partial charge in [-0.1, -0.05) is 0 Å². The van der Waals surface area contributed by atoms with E-state index in [9.17, 15) is 0 Å². The van der Waals surface area contributed by atoms with Crippen molar-refractivity contribution in [2.24, 2.45) is 11.8 Å². The lowest BCUT2D eigenvalue weighted by Crippen LogP contribution is -2.34. The van der Waals surface area contributed by atoms with Crippen molar-refractivity contribution in [2.75, 3.05) is 25.1 Å². The van der Waals surface area contributed by atoms with Gasteiger partial charge in [-0.2, -0.15) is 0 Å². The van der Waals surface area contributed by atoms with Crippen molar-refractivity contribution in [3.63, 3.8) is 0 Å². The van der Waals surface area contributed by atoms with Crippen LogP contribution in [0.1, 0.15) is 25.7 Å². The van der Waals surface area contributed by atoms with E-state index in [1.165, 1.54) is 25.7 Å². The first-order valence-electron chi connectivity index (χ1n) is 10.8. The van der Waals surface area contributed by atoms with Gasteiger partial charge in [0.1, 0.15) is 5.65 Å². The van der Waals surface area contributed by atoms with Gasteiger partial charge in [-0.15, -0.1) is 0 Å². The van der Waals surface area contributed by atoms with Gasteiger partial charge in [-0.05, 0) is 55.7 Å². The summed E-state index contributed by atoms with van der Waals surface area (Å²) in [6.07, 6.45) is 12.8. The maximum absolute atomic E-state index is 5.78. The highest BCUT2D eigenvalue weighted by atomic mass is 16.5. The summed E-state index contributed by atoms with van der Waals surface area (Å²) >= 11 is 0. The van der Waals surface area contributed by atoms with E-state index in [0.717, 1.165) is 69.6 Å². The summed E-state index contributed by atoms with van der Waals surface area (Å²) in [5, 5.41) is 2.26. The summed E-state index contributed by atoms with van der Waals surface area (Å²) in [5.74, 6) is 2.72. The molecule has 0 atom stereocenters. The number of aromatic amines is 1. The third kappa shape index (κ3) is 2.90. The van der Waals surface area contributed by atoms with Crippen molar-refractivity contribution < 1.29 is 4.74 Å². The van der Waals surface area contributed by atoms with E-state index in [4.69, 9.17) is 4.74 Å². The molecule has 6 nitrogen and oxygen atoms in total. The van der Waals surface area contributed by atoms with Gasteiger partial charge in [0.15, 0.2) is 5.75 Å². The number of piperidine rings is 1. The van der Waals surface area contributed by atoms with E-state index in [1.54, 1.807) is 13.3 Å². The van der Waals surface area contributed by atoms with Crippen molar-refractivity contribution in [3.05, 3.63) is 43.0 Å². The molecule has 0 bridgehead atoms. The molecule has 30 heavy (non-hydrogen) atoms.